The molecule has 1 aromatic carbocycles. The van der Waals surface area contributed by atoms with Gasteiger partial charge in [0.1, 0.15) is 5.75 Å². The number of nitrogens with one attached hydrogen (secondary N) is 1. The number of likely N-dealkylation sites (N-methyl/N-ethyl adjacent to an activating group) is 1. The standard InChI is InChI=1S/C13H20BrN3O/c1-16-5-7-17(8-6-16)15-10-11-9-12(14)3-4-13(11)18-2/h3-4,9,15H,5-8,10H2,1-2H3. The molecule has 0 amide bonds. The molecule has 1 saturated heterocycles. The normalized spacial score (nSPS) is 17.9. The van der Waals surface area contributed by atoms with Crippen LogP contribution in [-0.2, 0) is 6.54 Å². The lowest BCUT2D eigenvalue weighted by Gasteiger charge is -2.32. The van der Waals surface area contributed by atoms with Crippen LogP contribution in [-0.4, -0.2) is 50.2 Å². The van der Waals surface area contributed by atoms with E-state index in [9.17, 15) is 0 Å². The highest BCUT2D eigenvalue weighted by atomic mass is 79.9. The Bertz CT molecular complexity index is 392. The summed E-state index contributed by atoms with van der Waals surface area (Å²) in [6.45, 7) is 5.15. The van der Waals surface area contributed by atoms with Gasteiger partial charge in [-0.1, -0.05) is 15.9 Å². The summed E-state index contributed by atoms with van der Waals surface area (Å²) in [5.74, 6) is 0.930. The second kappa shape index (κ2) is 6.52. The topological polar surface area (TPSA) is 27.7 Å². The van der Waals surface area contributed by atoms with E-state index in [1.54, 1.807) is 7.11 Å². The summed E-state index contributed by atoms with van der Waals surface area (Å²) < 4.78 is 6.45. The average molecular weight is 314 g/mol. The molecule has 5 heteroatoms. The maximum atomic E-state index is 5.37. The number of rotatable bonds is 4. The summed E-state index contributed by atoms with van der Waals surface area (Å²) >= 11 is 3.50. The van der Waals surface area contributed by atoms with Crippen molar-refractivity contribution in [2.75, 3.05) is 40.3 Å². The van der Waals surface area contributed by atoms with Crippen LogP contribution in [0.1, 0.15) is 5.56 Å². The second-order valence-electron chi connectivity index (χ2n) is 4.58. The van der Waals surface area contributed by atoms with E-state index in [0.717, 1.165) is 42.9 Å². The van der Waals surface area contributed by atoms with E-state index >= 15 is 0 Å². The van der Waals surface area contributed by atoms with Gasteiger partial charge in [-0.25, -0.2) is 5.01 Å². The summed E-state index contributed by atoms with van der Waals surface area (Å²) in [5, 5.41) is 2.28. The number of hydrazine groups is 1. The van der Waals surface area contributed by atoms with Crippen LogP contribution in [0.25, 0.3) is 0 Å². The smallest absolute Gasteiger partial charge is 0.123 e. The van der Waals surface area contributed by atoms with E-state index in [1.165, 1.54) is 5.56 Å². The Morgan fingerprint density at radius 2 is 2.00 bits per heavy atom. The van der Waals surface area contributed by atoms with Crippen molar-refractivity contribution in [1.29, 1.82) is 0 Å². The number of ether oxygens (including phenoxy) is 1. The van der Waals surface area contributed by atoms with Crippen molar-refractivity contribution in [3.8, 4) is 5.75 Å². The molecule has 0 unspecified atom stereocenters. The van der Waals surface area contributed by atoms with Crippen LogP contribution in [0.2, 0.25) is 0 Å². The van der Waals surface area contributed by atoms with E-state index in [4.69, 9.17) is 4.74 Å². The summed E-state index contributed by atoms with van der Waals surface area (Å²) in [6.07, 6.45) is 0. The first-order valence-corrected chi connectivity index (χ1v) is 6.98. The highest BCUT2D eigenvalue weighted by Crippen LogP contribution is 2.22. The van der Waals surface area contributed by atoms with Crippen LogP contribution in [0.3, 0.4) is 0 Å². The van der Waals surface area contributed by atoms with E-state index in [2.05, 4.69) is 44.4 Å². The summed E-state index contributed by atoms with van der Waals surface area (Å²) in [7, 11) is 3.87. The number of hydrogen-bond donors (Lipinski definition) is 1. The van der Waals surface area contributed by atoms with E-state index in [0.29, 0.717) is 0 Å². The molecule has 0 atom stereocenters. The molecular weight excluding hydrogens is 294 g/mol. The maximum Gasteiger partial charge on any atom is 0.123 e. The molecular formula is C13H20BrN3O. The molecule has 0 saturated carbocycles. The second-order valence-corrected chi connectivity index (χ2v) is 5.50. The van der Waals surface area contributed by atoms with Gasteiger partial charge in [0.25, 0.3) is 0 Å². The van der Waals surface area contributed by atoms with Gasteiger partial charge >= 0.3 is 0 Å². The van der Waals surface area contributed by atoms with Crippen LogP contribution in [0.5, 0.6) is 5.75 Å². The molecule has 0 bridgehead atoms. The Morgan fingerprint density at radius 3 is 2.67 bits per heavy atom. The van der Waals surface area contributed by atoms with Gasteiger partial charge in [0, 0.05) is 42.8 Å². The van der Waals surface area contributed by atoms with E-state index < -0.39 is 0 Å². The first-order chi connectivity index (χ1) is 8.69. The van der Waals surface area contributed by atoms with Crippen molar-refractivity contribution in [2.24, 2.45) is 0 Å². The molecule has 1 aromatic rings. The Kier molecular flexibility index (Phi) is 5.00. The fourth-order valence-corrected chi connectivity index (χ4v) is 2.46. The first-order valence-electron chi connectivity index (χ1n) is 6.18. The minimum absolute atomic E-state index is 0.798. The van der Waals surface area contributed by atoms with Crippen molar-refractivity contribution >= 4 is 15.9 Å². The zero-order chi connectivity index (χ0) is 13.0. The van der Waals surface area contributed by atoms with Crippen molar-refractivity contribution < 1.29 is 4.74 Å². The Labute approximate surface area is 117 Å². The van der Waals surface area contributed by atoms with Gasteiger partial charge in [0.05, 0.1) is 7.11 Å². The Morgan fingerprint density at radius 1 is 1.28 bits per heavy atom. The first kappa shape index (κ1) is 13.8. The number of benzene rings is 1. The molecule has 0 radical (unpaired) electrons. The zero-order valence-electron chi connectivity index (χ0n) is 10.9. The fraction of sp³-hybridized carbons (Fsp3) is 0.538. The Hall–Kier alpha value is -0.620. The number of piperazine rings is 1. The number of methoxy groups -OCH3 is 1. The Balaban J connectivity index is 1.91. The minimum atomic E-state index is 0.798. The zero-order valence-corrected chi connectivity index (χ0v) is 12.5. The summed E-state index contributed by atoms with van der Waals surface area (Å²) in [6, 6.07) is 6.09. The van der Waals surface area contributed by atoms with Crippen molar-refractivity contribution in [3.05, 3.63) is 28.2 Å². The number of hydrogen-bond acceptors (Lipinski definition) is 4. The molecule has 1 fully saturated rings. The predicted octanol–water partition coefficient (Wildman–Crippen LogP) is 1.71. The third kappa shape index (κ3) is 3.68. The van der Waals surface area contributed by atoms with E-state index in [-0.39, 0.29) is 0 Å². The van der Waals surface area contributed by atoms with Crippen molar-refractivity contribution in [2.45, 2.75) is 6.54 Å². The molecule has 0 aliphatic carbocycles. The van der Waals surface area contributed by atoms with Crippen molar-refractivity contribution in [3.63, 3.8) is 0 Å². The van der Waals surface area contributed by atoms with Crippen LogP contribution in [0.15, 0.2) is 22.7 Å². The largest absolute Gasteiger partial charge is 0.496 e. The van der Waals surface area contributed by atoms with Crippen LogP contribution in [0.4, 0.5) is 0 Å². The summed E-state index contributed by atoms with van der Waals surface area (Å²) in [4.78, 5) is 2.35. The molecule has 1 heterocycles. The van der Waals surface area contributed by atoms with Crippen LogP contribution < -0.4 is 10.2 Å². The van der Waals surface area contributed by atoms with Gasteiger partial charge in [0.2, 0.25) is 0 Å². The molecule has 0 aromatic heterocycles. The molecule has 4 nitrogen and oxygen atoms in total. The SMILES string of the molecule is COc1ccc(Br)cc1CNN1CCN(C)CC1. The van der Waals surface area contributed by atoms with Gasteiger partial charge < -0.3 is 9.64 Å². The maximum absolute atomic E-state index is 5.37. The molecule has 2 rings (SSSR count). The monoisotopic (exact) mass is 313 g/mol. The van der Waals surface area contributed by atoms with Gasteiger partial charge in [-0.2, -0.15) is 0 Å². The molecule has 100 valence electrons. The number of nitrogens with zero attached hydrogens (tertiary/aromatic N) is 2. The molecule has 1 aliphatic rings. The van der Waals surface area contributed by atoms with Gasteiger partial charge in [-0.05, 0) is 25.2 Å². The minimum Gasteiger partial charge on any atom is -0.496 e. The van der Waals surface area contributed by atoms with Crippen LogP contribution >= 0.6 is 15.9 Å². The fourth-order valence-electron chi connectivity index (χ4n) is 2.05. The highest BCUT2D eigenvalue weighted by Gasteiger charge is 2.13. The van der Waals surface area contributed by atoms with Crippen molar-refractivity contribution in [1.82, 2.24) is 15.3 Å². The molecule has 18 heavy (non-hydrogen) atoms. The predicted molar refractivity (Wildman–Crippen MR) is 76.6 cm³/mol. The molecule has 0 spiro atoms. The number of halogens is 1. The summed E-state index contributed by atoms with van der Waals surface area (Å²) in [5.41, 5.74) is 4.64. The average Bonchev–Trinajstić information content (AvgIpc) is 2.38. The van der Waals surface area contributed by atoms with Crippen LogP contribution in [0, 0.1) is 0 Å². The lowest BCUT2D eigenvalue weighted by molar-refractivity contribution is 0.102. The lowest BCUT2D eigenvalue weighted by Crippen LogP contribution is -2.50. The molecule has 1 aliphatic heterocycles. The highest BCUT2D eigenvalue weighted by molar-refractivity contribution is 9.10. The quantitative estimate of drug-likeness (QED) is 0.916. The third-order valence-electron chi connectivity index (χ3n) is 3.24. The third-order valence-corrected chi connectivity index (χ3v) is 3.73. The molecule has 1 N–H and O–H groups in total. The van der Waals surface area contributed by atoms with Gasteiger partial charge in [0.15, 0.2) is 0 Å². The van der Waals surface area contributed by atoms with Gasteiger partial charge in [-0.3, -0.25) is 5.43 Å². The lowest BCUT2D eigenvalue weighted by atomic mass is 10.2. The van der Waals surface area contributed by atoms with Gasteiger partial charge in [-0.15, -0.1) is 0 Å². The van der Waals surface area contributed by atoms with E-state index in [1.807, 2.05) is 12.1 Å².